The van der Waals surface area contributed by atoms with Crippen molar-refractivity contribution < 1.29 is 14.3 Å². The van der Waals surface area contributed by atoms with Gasteiger partial charge in [0.1, 0.15) is 12.4 Å². The highest BCUT2D eigenvalue weighted by Crippen LogP contribution is 2.17. The SMILES string of the molecule is CCC(=O)Nc1ccc(C(C)NC(=O)N(C)CCOc2ccccc2C)cc1. The molecule has 0 aliphatic carbocycles. The number of aryl methyl sites for hydroxylation is 1. The van der Waals surface area contributed by atoms with Crippen LogP contribution in [0.3, 0.4) is 0 Å². The van der Waals surface area contributed by atoms with Crippen molar-refractivity contribution in [1.29, 1.82) is 0 Å². The lowest BCUT2D eigenvalue weighted by molar-refractivity contribution is -0.115. The van der Waals surface area contributed by atoms with Crippen molar-refractivity contribution in [2.75, 3.05) is 25.5 Å². The Balaban J connectivity index is 1.80. The van der Waals surface area contributed by atoms with E-state index in [2.05, 4.69) is 10.6 Å². The zero-order valence-electron chi connectivity index (χ0n) is 17.0. The summed E-state index contributed by atoms with van der Waals surface area (Å²) in [6, 6.07) is 15.0. The Kier molecular flexibility index (Phi) is 7.87. The zero-order valence-corrected chi connectivity index (χ0v) is 17.0. The molecule has 1 unspecified atom stereocenters. The topological polar surface area (TPSA) is 70.7 Å². The monoisotopic (exact) mass is 383 g/mol. The van der Waals surface area contributed by atoms with Crippen LogP contribution in [-0.4, -0.2) is 37.0 Å². The largest absolute Gasteiger partial charge is 0.491 e. The molecule has 1 atom stereocenters. The first-order valence-electron chi connectivity index (χ1n) is 9.50. The number of nitrogens with one attached hydrogen (secondary N) is 2. The van der Waals surface area contributed by atoms with Gasteiger partial charge in [0.15, 0.2) is 0 Å². The van der Waals surface area contributed by atoms with Crippen LogP contribution >= 0.6 is 0 Å². The Morgan fingerprint density at radius 1 is 1.11 bits per heavy atom. The molecule has 0 radical (unpaired) electrons. The highest BCUT2D eigenvalue weighted by molar-refractivity contribution is 5.90. The molecule has 2 N–H and O–H groups in total. The summed E-state index contributed by atoms with van der Waals surface area (Å²) in [5, 5.41) is 5.78. The number of ether oxygens (including phenoxy) is 1. The van der Waals surface area contributed by atoms with Gasteiger partial charge in [0.25, 0.3) is 0 Å². The van der Waals surface area contributed by atoms with E-state index < -0.39 is 0 Å². The summed E-state index contributed by atoms with van der Waals surface area (Å²) in [4.78, 5) is 25.4. The van der Waals surface area contributed by atoms with Crippen LogP contribution in [0.4, 0.5) is 10.5 Å². The van der Waals surface area contributed by atoms with Crippen molar-refractivity contribution in [2.45, 2.75) is 33.2 Å². The maximum atomic E-state index is 12.4. The Morgan fingerprint density at radius 2 is 1.79 bits per heavy atom. The summed E-state index contributed by atoms with van der Waals surface area (Å²) in [6.45, 7) is 6.63. The molecule has 28 heavy (non-hydrogen) atoms. The lowest BCUT2D eigenvalue weighted by Gasteiger charge is -2.22. The van der Waals surface area contributed by atoms with Crippen LogP contribution in [0.25, 0.3) is 0 Å². The summed E-state index contributed by atoms with van der Waals surface area (Å²) in [7, 11) is 1.74. The first-order chi connectivity index (χ1) is 13.4. The second kappa shape index (κ2) is 10.3. The molecule has 2 rings (SSSR count). The molecule has 0 aliphatic heterocycles. The molecule has 0 heterocycles. The van der Waals surface area contributed by atoms with Crippen molar-refractivity contribution in [3.8, 4) is 5.75 Å². The van der Waals surface area contributed by atoms with E-state index in [0.717, 1.165) is 22.6 Å². The van der Waals surface area contributed by atoms with Crippen molar-refractivity contribution >= 4 is 17.6 Å². The maximum Gasteiger partial charge on any atom is 0.317 e. The second-order valence-electron chi connectivity index (χ2n) is 6.73. The van der Waals surface area contributed by atoms with Gasteiger partial charge in [-0.05, 0) is 43.2 Å². The maximum absolute atomic E-state index is 12.4. The highest BCUT2D eigenvalue weighted by atomic mass is 16.5. The summed E-state index contributed by atoms with van der Waals surface area (Å²) in [5.74, 6) is 0.809. The Hall–Kier alpha value is -3.02. The van der Waals surface area contributed by atoms with Crippen molar-refractivity contribution in [3.63, 3.8) is 0 Å². The van der Waals surface area contributed by atoms with Gasteiger partial charge in [-0.1, -0.05) is 37.3 Å². The molecule has 0 aromatic heterocycles. The van der Waals surface area contributed by atoms with Crippen LogP contribution in [-0.2, 0) is 4.79 Å². The van der Waals surface area contributed by atoms with Crippen LogP contribution in [0, 0.1) is 6.92 Å². The number of carbonyl (C=O) groups excluding carboxylic acids is 2. The lowest BCUT2D eigenvalue weighted by atomic mass is 10.1. The van der Waals surface area contributed by atoms with Crippen LogP contribution < -0.4 is 15.4 Å². The minimum atomic E-state index is -0.163. The van der Waals surface area contributed by atoms with E-state index in [1.807, 2.05) is 69.3 Å². The fraction of sp³-hybridized carbons (Fsp3) is 0.364. The number of urea groups is 1. The number of hydrogen-bond acceptors (Lipinski definition) is 3. The van der Waals surface area contributed by atoms with Crippen LogP contribution in [0.2, 0.25) is 0 Å². The summed E-state index contributed by atoms with van der Waals surface area (Å²) >= 11 is 0. The third-order valence-corrected chi connectivity index (χ3v) is 4.48. The minimum absolute atomic E-state index is 0.0244. The number of amides is 3. The number of anilines is 1. The van der Waals surface area contributed by atoms with E-state index in [1.165, 1.54) is 0 Å². The molecule has 6 nitrogen and oxygen atoms in total. The van der Waals surface area contributed by atoms with Crippen molar-refractivity contribution in [2.24, 2.45) is 0 Å². The van der Waals surface area contributed by atoms with Gasteiger partial charge >= 0.3 is 6.03 Å². The molecular weight excluding hydrogens is 354 g/mol. The average Bonchev–Trinajstić information content (AvgIpc) is 2.69. The van der Waals surface area contributed by atoms with Crippen molar-refractivity contribution in [3.05, 3.63) is 59.7 Å². The first-order valence-corrected chi connectivity index (χ1v) is 9.50. The fourth-order valence-corrected chi connectivity index (χ4v) is 2.60. The van der Waals surface area contributed by atoms with E-state index in [0.29, 0.717) is 19.6 Å². The average molecular weight is 383 g/mol. The molecular formula is C22H29N3O3. The molecule has 0 saturated carbocycles. The molecule has 3 amide bonds. The third-order valence-electron chi connectivity index (χ3n) is 4.48. The van der Waals surface area contributed by atoms with Crippen molar-refractivity contribution in [1.82, 2.24) is 10.2 Å². The van der Waals surface area contributed by atoms with Gasteiger partial charge < -0.3 is 20.3 Å². The first kappa shape index (κ1) is 21.3. The molecule has 6 heteroatoms. The predicted octanol–water partition coefficient (Wildman–Crippen LogP) is 4.12. The Labute approximate surface area is 166 Å². The molecule has 0 fully saturated rings. The van der Waals surface area contributed by atoms with Gasteiger partial charge in [0.05, 0.1) is 12.6 Å². The number of carbonyl (C=O) groups is 2. The smallest absolute Gasteiger partial charge is 0.317 e. The number of likely N-dealkylation sites (N-methyl/N-ethyl adjacent to an activating group) is 1. The van der Waals surface area contributed by atoms with Crippen LogP contribution in [0.15, 0.2) is 48.5 Å². The lowest BCUT2D eigenvalue weighted by Crippen LogP contribution is -2.40. The van der Waals surface area contributed by atoms with E-state index in [1.54, 1.807) is 11.9 Å². The predicted molar refractivity (Wildman–Crippen MR) is 112 cm³/mol. The van der Waals surface area contributed by atoms with Gasteiger partial charge in [-0.15, -0.1) is 0 Å². The van der Waals surface area contributed by atoms with Gasteiger partial charge in [0, 0.05) is 19.2 Å². The van der Waals surface area contributed by atoms with E-state index in [-0.39, 0.29) is 18.0 Å². The third kappa shape index (κ3) is 6.30. The fourth-order valence-electron chi connectivity index (χ4n) is 2.60. The van der Waals surface area contributed by atoms with E-state index in [9.17, 15) is 9.59 Å². The Morgan fingerprint density at radius 3 is 2.43 bits per heavy atom. The minimum Gasteiger partial charge on any atom is -0.491 e. The van der Waals surface area contributed by atoms with Gasteiger partial charge in [-0.3, -0.25) is 4.79 Å². The number of rotatable bonds is 8. The molecule has 2 aromatic rings. The highest BCUT2D eigenvalue weighted by Gasteiger charge is 2.13. The van der Waals surface area contributed by atoms with E-state index >= 15 is 0 Å². The van der Waals surface area contributed by atoms with Gasteiger partial charge in [-0.25, -0.2) is 4.79 Å². The van der Waals surface area contributed by atoms with Gasteiger partial charge in [0.2, 0.25) is 5.91 Å². The quantitative estimate of drug-likeness (QED) is 0.720. The van der Waals surface area contributed by atoms with Crippen LogP contribution in [0.1, 0.15) is 37.4 Å². The normalized spacial score (nSPS) is 11.4. The summed E-state index contributed by atoms with van der Waals surface area (Å²) in [5.41, 5.74) is 2.79. The number of hydrogen-bond donors (Lipinski definition) is 2. The van der Waals surface area contributed by atoms with Crippen LogP contribution in [0.5, 0.6) is 5.75 Å². The molecule has 0 spiro atoms. The molecule has 0 saturated heterocycles. The summed E-state index contributed by atoms with van der Waals surface area (Å²) in [6.07, 6.45) is 0.439. The number of benzene rings is 2. The number of nitrogens with zero attached hydrogens (tertiary/aromatic N) is 1. The molecule has 0 bridgehead atoms. The zero-order chi connectivity index (χ0) is 20.5. The van der Waals surface area contributed by atoms with E-state index in [4.69, 9.17) is 4.74 Å². The standard InChI is InChI=1S/C22H29N3O3/c1-5-21(26)24-19-12-10-18(11-13-19)17(3)23-22(27)25(4)14-15-28-20-9-7-6-8-16(20)2/h6-13,17H,5,14-15H2,1-4H3,(H,23,27)(H,24,26). The Bertz CT molecular complexity index is 790. The number of para-hydroxylation sites is 1. The molecule has 150 valence electrons. The molecule has 0 aliphatic rings. The molecule has 2 aromatic carbocycles. The van der Waals surface area contributed by atoms with Gasteiger partial charge in [-0.2, -0.15) is 0 Å². The summed E-state index contributed by atoms with van der Waals surface area (Å²) < 4.78 is 5.75. The second-order valence-corrected chi connectivity index (χ2v) is 6.73.